The smallest absolute Gasteiger partial charge is 0.410 e. The first kappa shape index (κ1) is 13.6. The minimum Gasteiger partial charge on any atom is -0.465 e. The Morgan fingerprint density at radius 3 is 2.72 bits per heavy atom. The van der Waals surface area contributed by atoms with E-state index in [1.165, 1.54) is 18.2 Å². The molecule has 1 heterocycles. The number of ether oxygens (including phenoxy) is 2. The summed E-state index contributed by atoms with van der Waals surface area (Å²) in [6, 6.07) is 4.29. The number of fused-ring (bicyclic) bond motifs is 1. The van der Waals surface area contributed by atoms with Crippen molar-refractivity contribution in [1.82, 2.24) is 5.32 Å². The summed E-state index contributed by atoms with van der Waals surface area (Å²) in [7, 11) is 0. The Bertz CT molecular complexity index is 475. The SMILES string of the molecule is C.O=C(O)NC(c1ccc2c(c1)OCO2)[N+](=O)[O-]. The Labute approximate surface area is 102 Å². The molecular weight excluding hydrogens is 244 g/mol. The highest BCUT2D eigenvalue weighted by atomic mass is 16.7. The van der Waals surface area contributed by atoms with E-state index in [0.717, 1.165) is 0 Å². The molecule has 1 atom stereocenters. The van der Waals surface area contributed by atoms with E-state index in [2.05, 4.69) is 0 Å². The maximum Gasteiger partial charge on any atom is 0.410 e. The van der Waals surface area contributed by atoms with Crippen molar-refractivity contribution < 1.29 is 24.3 Å². The van der Waals surface area contributed by atoms with Crippen LogP contribution in [0.15, 0.2) is 18.2 Å². The van der Waals surface area contributed by atoms with Gasteiger partial charge in [0.25, 0.3) is 0 Å². The number of hydrogen-bond acceptors (Lipinski definition) is 5. The monoisotopic (exact) mass is 256 g/mol. The van der Waals surface area contributed by atoms with E-state index in [9.17, 15) is 14.9 Å². The van der Waals surface area contributed by atoms with E-state index in [1.54, 1.807) is 0 Å². The molecule has 0 spiro atoms. The first-order valence-electron chi connectivity index (χ1n) is 4.60. The minimum absolute atomic E-state index is 0. The Balaban J connectivity index is 0.00000162. The molecule has 0 bridgehead atoms. The van der Waals surface area contributed by atoms with Crippen LogP contribution in [-0.4, -0.2) is 22.9 Å². The zero-order valence-electron chi connectivity index (χ0n) is 8.45. The van der Waals surface area contributed by atoms with Gasteiger partial charge in [-0.05, 0) is 18.2 Å². The van der Waals surface area contributed by atoms with Crippen LogP contribution in [0, 0.1) is 10.1 Å². The standard InChI is InChI=1S/C9H8N2O6.CH4/c12-9(13)10-8(11(14)15)5-1-2-6-7(3-5)17-4-16-6;/h1-3,8,10H,4H2,(H,12,13);1H4. The van der Waals surface area contributed by atoms with Gasteiger partial charge in [0.15, 0.2) is 11.5 Å². The van der Waals surface area contributed by atoms with Crippen molar-refractivity contribution in [1.29, 1.82) is 0 Å². The average molecular weight is 256 g/mol. The number of rotatable bonds is 3. The topological polar surface area (TPSA) is 111 Å². The number of carbonyl (C=O) groups is 1. The summed E-state index contributed by atoms with van der Waals surface area (Å²) in [6.07, 6.45) is -2.99. The second-order valence-electron chi connectivity index (χ2n) is 3.25. The normalized spacial score (nSPS) is 13.3. The Morgan fingerprint density at radius 2 is 2.11 bits per heavy atom. The zero-order valence-corrected chi connectivity index (χ0v) is 8.45. The second-order valence-corrected chi connectivity index (χ2v) is 3.25. The molecule has 1 aliphatic heterocycles. The van der Waals surface area contributed by atoms with Crippen LogP contribution in [0.1, 0.15) is 19.2 Å². The number of benzene rings is 1. The molecule has 0 radical (unpaired) electrons. The zero-order chi connectivity index (χ0) is 12.4. The maximum atomic E-state index is 10.7. The van der Waals surface area contributed by atoms with Crippen molar-refractivity contribution in [2.24, 2.45) is 0 Å². The van der Waals surface area contributed by atoms with Gasteiger partial charge in [0.2, 0.25) is 6.79 Å². The van der Waals surface area contributed by atoms with Gasteiger partial charge in [-0.15, -0.1) is 0 Å². The lowest BCUT2D eigenvalue weighted by molar-refractivity contribution is -0.533. The number of amides is 1. The van der Waals surface area contributed by atoms with E-state index in [0.29, 0.717) is 11.5 Å². The molecule has 0 aromatic heterocycles. The van der Waals surface area contributed by atoms with Gasteiger partial charge < -0.3 is 14.6 Å². The number of nitrogens with one attached hydrogen (secondary N) is 1. The minimum atomic E-state index is -1.53. The van der Waals surface area contributed by atoms with Gasteiger partial charge in [-0.3, -0.25) is 15.4 Å². The van der Waals surface area contributed by atoms with Crippen LogP contribution in [0.3, 0.4) is 0 Å². The van der Waals surface area contributed by atoms with Crippen LogP contribution in [-0.2, 0) is 0 Å². The fourth-order valence-corrected chi connectivity index (χ4v) is 1.46. The number of nitro groups is 1. The summed E-state index contributed by atoms with van der Waals surface area (Å²) in [5.41, 5.74) is 0.182. The molecule has 1 aliphatic rings. The molecule has 8 nitrogen and oxygen atoms in total. The largest absolute Gasteiger partial charge is 0.465 e. The van der Waals surface area contributed by atoms with Crippen molar-refractivity contribution in [2.45, 2.75) is 13.6 Å². The van der Waals surface area contributed by atoms with Crippen molar-refractivity contribution in [3.05, 3.63) is 33.9 Å². The highest BCUT2D eigenvalue weighted by Gasteiger charge is 2.27. The van der Waals surface area contributed by atoms with Crippen LogP contribution in [0.5, 0.6) is 11.5 Å². The molecule has 0 saturated carbocycles. The van der Waals surface area contributed by atoms with Gasteiger partial charge in [0.1, 0.15) is 0 Å². The average Bonchev–Trinajstić information content (AvgIpc) is 2.72. The highest BCUT2D eigenvalue weighted by Crippen LogP contribution is 2.34. The fraction of sp³-hybridized carbons (Fsp3) is 0.300. The predicted octanol–water partition coefficient (Wildman–Crippen LogP) is 1.59. The van der Waals surface area contributed by atoms with Crippen LogP contribution in [0.2, 0.25) is 0 Å². The molecule has 8 heteroatoms. The predicted molar refractivity (Wildman–Crippen MR) is 60.2 cm³/mol. The molecule has 1 unspecified atom stereocenters. The van der Waals surface area contributed by atoms with Gasteiger partial charge in [0, 0.05) is 0 Å². The molecular formula is C10H12N2O6. The Morgan fingerprint density at radius 1 is 1.44 bits per heavy atom. The third-order valence-electron chi connectivity index (χ3n) is 2.18. The Kier molecular flexibility index (Phi) is 3.93. The van der Waals surface area contributed by atoms with Crippen LogP contribution >= 0.6 is 0 Å². The lowest BCUT2D eigenvalue weighted by atomic mass is 10.1. The van der Waals surface area contributed by atoms with E-state index >= 15 is 0 Å². The lowest BCUT2D eigenvalue weighted by Crippen LogP contribution is -2.32. The molecule has 1 aromatic carbocycles. The van der Waals surface area contributed by atoms with Gasteiger partial charge in [-0.25, -0.2) is 4.79 Å². The second kappa shape index (κ2) is 5.21. The summed E-state index contributed by atoms with van der Waals surface area (Å²) >= 11 is 0. The quantitative estimate of drug-likeness (QED) is 0.482. The summed E-state index contributed by atoms with van der Waals surface area (Å²) < 4.78 is 10.1. The van der Waals surface area contributed by atoms with Crippen molar-refractivity contribution in [2.75, 3.05) is 6.79 Å². The fourth-order valence-electron chi connectivity index (χ4n) is 1.46. The molecule has 0 aliphatic carbocycles. The number of carboxylic acid groups (broad SMARTS) is 1. The molecule has 98 valence electrons. The van der Waals surface area contributed by atoms with Crippen molar-refractivity contribution >= 4 is 6.09 Å². The molecule has 1 aromatic rings. The van der Waals surface area contributed by atoms with E-state index in [-0.39, 0.29) is 19.8 Å². The molecule has 2 N–H and O–H groups in total. The van der Waals surface area contributed by atoms with E-state index < -0.39 is 17.2 Å². The van der Waals surface area contributed by atoms with Gasteiger partial charge in [-0.2, -0.15) is 0 Å². The van der Waals surface area contributed by atoms with Crippen LogP contribution < -0.4 is 14.8 Å². The van der Waals surface area contributed by atoms with Crippen LogP contribution in [0.4, 0.5) is 4.79 Å². The van der Waals surface area contributed by atoms with Crippen LogP contribution in [0.25, 0.3) is 0 Å². The highest BCUT2D eigenvalue weighted by molar-refractivity contribution is 5.65. The van der Waals surface area contributed by atoms with Crippen molar-refractivity contribution in [3.63, 3.8) is 0 Å². The summed E-state index contributed by atoms with van der Waals surface area (Å²) in [4.78, 5) is 20.5. The van der Waals surface area contributed by atoms with Gasteiger partial charge >= 0.3 is 12.3 Å². The summed E-state index contributed by atoms with van der Waals surface area (Å²) in [5, 5.41) is 21.1. The van der Waals surface area contributed by atoms with Gasteiger partial charge in [-0.1, -0.05) is 7.43 Å². The molecule has 0 saturated heterocycles. The molecule has 18 heavy (non-hydrogen) atoms. The first-order valence-corrected chi connectivity index (χ1v) is 4.60. The lowest BCUT2D eigenvalue weighted by Gasteiger charge is -2.09. The summed E-state index contributed by atoms with van der Waals surface area (Å²) in [5.74, 6) is 0.840. The number of hydrogen-bond donors (Lipinski definition) is 2. The van der Waals surface area contributed by atoms with E-state index in [1.807, 2.05) is 5.32 Å². The van der Waals surface area contributed by atoms with E-state index in [4.69, 9.17) is 14.6 Å². The summed E-state index contributed by atoms with van der Waals surface area (Å²) in [6.45, 7) is 0.0499. The van der Waals surface area contributed by atoms with Gasteiger partial charge in [0.05, 0.1) is 10.5 Å². The molecule has 0 fully saturated rings. The Hall–Kier alpha value is -2.51. The third kappa shape index (κ3) is 2.59. The molecule has 1 amide bonds. The van der Waals surface area contributed by atoms with Crippen molar-refractivity contribution in [3.8, 4) is 11.5 Å². The molecule has 2 rings (SSSR count). The third-order valence-corrected chi connectivity index (χ3v) is 2.18. The maximum absolute atomic E-state index is 10.7. The first-order chi connectivity index (χ1) is 8.08. The number of nitrogens with zero attached hydrogens (tertiary/aromatic N) is 1.